The number of rotatable bonds is 3. The molecule has 2 aromatic rings. The molecule has 0 radical (unpaired) electrons. The third-order valence-corrected chi connectivity index (χ3v) is 7.90. The molecule has 138 valence electrons. The Morgan fingerprint density at radius 1 is 1.04 bits per heavy atom. The fourth-order valence-corrected chi connectivity index (χ4v) is 5.74. The normalized spacial score (nSPS) is 23.5. The van der Waals surface area contributed by atoms with Crippen LogP contribution in [0.4, 0.5) is 0 Å². The molecule has 5 heteroatoms. The fraction of sp³-hybridized carbons (Fsp3) is 0.429. The standard InChI is InChI=1S/C21H26N2O2S/c1-16-7-9-19(10-8-16)26(24,25)22(2)18-12-14-23-13-11-17-5-3-4-6-20(17)21(23)15-18/h3-10,18,21H,11-15H2,1-2H3. The van der Waals surface area contributed by atoms with Crippen LogP contribution in [0.25, 0.3) is 0 Å². The Balaban J connectivity index is 1.59. The number of hydrogen-bond acceptors (Lipinski definition) is 3. The summed E-state index contributed by atoms with van der Waals surface area (Å²) in [5.74, 6) is 0. The molecule has 4 rings (SSSR count). The Morgan fingerprint density at radius 2 is 1.77 bits per heavy atom. The predicted molar refractivity (Wildman–Crippen MR) is 104 cm³/mol. The van der Waals surface area contributed by atoms with Gasteiger partial charge in [-0.3, -0.25) is 4.90 Å². The summed E-state index contributed by atoms with van der Waals surface area (Å²) >= 11 is 0. The van der Waals surface area contributed by atoms with E-state index < -0.39 is 10.0 Å². The minimum Gasteiger partial charge on any atom is -0.296 e. The number of hydrogen-bond donors (Lipinski definition) is 0. The van der Waals surface area contributed by atoms with Crippen molar-refractivity contribution in [3.8, 4) is 0 Å². The first-order chi connectivity index (χ1) is 12.5. The van der Waals surface area contributed by atoms with Gasteiger partial charge in [-0.05, 0) is 49.4 Å². The summed E-state index contributed by atoms with van der Waals surface area (Å²) in [6.45, 7) is 4.00. The van der Waals surface area contributed by atoms with Gasteiger partial charge < -0.3 is 0 Å². The first-order valence-electron chi connectivity index (χ1n) is 9.33. The largest absolute Gasteiger partial charge is 0.296 e. The topological polar surface area (TPSA) is 40.6 Å². The molecule has 0 spiro atoms. The van der Waals surface area contributed by atoms with E-state index in [4.69, 9.17) is 0 Å². The zero-order valence-electron chi connectivity index (χ0n) is 15.4. The van der Waals surface area contributed by atoms with Crippen LogP contribution in [0.2, 0.25) is 0 Å². The predicted octanol–water partition coefficient (Wildman–Crippen LogP) is 3.38. The van der Waals surface area contributed by atoms with Crippen molar-refractivity contribution in [3.63, 3.8) is 0 Å². The molecule has 1 saturated heterocycles. The van der Waals surface area contributed by atoms with Crippen LogP contribution in [0, 0.1) is 6.92 Å². The summed E-state index contributed by atoms with van der Waals surface area (Å²) in [7, 11) is -1.72. The molecule has 4 nitrogen and oxygen atoms in total. The van der Waals surface area contributed by atoms with Crippen LogP contribution in [-0.4, -0.2) is 43.8 Å². The van der Waals surface area contributed by atoms with E-state index in [2.05, 4.69) is 29.2 Å². The Hall–Kier alpha value is -1.69. The third-order valence-electron chi connectivity index (χ3n) is 5.98. The number of fused-ring (bicyclic) bond motifs is 3. The highest BCUT2D eigenvalue weighted by atomic mass is 32.2. The van der Waals surface area contributed by atoms with Crippen LogP contribution >= 0.6 is 0 Å². The SMILES string of the molecule is Cc1ccc(S(=O)(=O)N(C)C2CCN3CCc4ccccc4C3C2)cc1. The molecule has 1 fully saturated rings. The van der Waals surface area contributed by atoms with Crippen molar-refractivity contribution in [2.75, 3.05) is 20.1 Å². The van der Waals surface area contributed by atoms with Crippen molar-refractivity contribution in [2.45, 2.75) is 43.2 Å². The van der Waals surface area contributed by atoms with Gasteiger partial charge in [0, 0.05) is 32.2 Å². The number of benzene rings is 2. The van der Waals surface area contributed by atoms with Gasteiger partial charge in [0.2, 0.25) is 10.0 Å². The van der Waals surface area contributed by atoms with Crippen LogP contribution in [0.1, 0.15) is 35.6 Å². The molecular formula is C21H26N2O2S. The lowest BCUT2D eigenvalue weighted by Gasteiger charge is -2.45. The summed E-state index contributed by atoms with van der Waals surface area (Å²) in [6, 6.07) is 16.1. The Kier molecular flexibility index (Phi) is 4.63. The van der Waals surface area contributed by atoms with Gasteiger partial charge in [0.25, 0.3) is 0 Å². The zero-order valence-corrected chi connectivity index (χ0v) is 16.2. The summed E-state index contributed by atoms with van der Waals surface area (Å²) in [5.41, 5.74) is 3.86. The molecule has 0 N–H and O–H groups in total. The van der Waals surface area contributed by atoms with E-state index in [1.54, 1.807) is 23.5 Å². The van der Waals surface area contributed by atoms with Gasteiger partial charge in [0.15, 0.2) is 0 Å². The van der Waals surface area contributed by atoms with Crippen molar-refractivity contribution in [3.05, 3.63) is 65.2 Å². The second kappa shape index (κ2) is 6.80. The van der Waals surface area contributed by atoms with E-state index in [9.17, 15) is 8.42 Å². The third kappa shape index (κ3) is 3.08. The average molecular weight is 371 g/mol. The van der Waals surface area contributed by atoms with Gasteiger partial charge in [-0.1, -0.05) is 42.0 Å². The van der Waals surface area contributed by atoms with Gasteiger partial charge in [-0.15, -0.1) is 0 Å². The lowest BCUT2D eigenvalue weighted by molar-refractivity contribution is 0.0969. The molecule has 2 atom stereocenters. The molecule has 2 aliphatic rings. The molecule has 26 heavy (non-hydrogen) atoms. The highest BCUT2D eigenvalue weighted by Crippen LogP contribution is 2.38. The van der Waals surface area contributed by atoms with Crippen molar-refractivity contribution in [2.24, 2.45) is 0 Å². The minimum absolute atomic E-state index is 0.0358. The van der Waals surface area contributed by atoms with Crippen molar-refractivity contribution in [1.29, 1.82) is 0 Å². The van der Waals surface area contributed by atoms with Crippen LogP contribution in [0.15, 0.2) is 53.4 Å². The van der Waals surface area contributed by atoms with E-state index in [1.165, 1.54) is 11.1 Å². The van der Waals surface area contributed by atoms with Crippen molar-refractivity contribution >= 4 is 10.0 Å². The van der Waals surface area contributed by atoms with E-state index in [-0.39, 0.29) is 6.04 Å². The first kappa shape index (κ1) is 17.7. The fourth-order valence-electron chi connectivity index (χ4n) is 4.34. The number of piperidine rings is 1. The maximum atomic E-state index is 13.1. The van der Waals surface area contributed by atoms with E-state index >= 15 is 0 Å². The highest BCUT2D eigenvalue weighted by Gasteiger charge is 2.37. The van der Waals surface area contributed by atoms with Crippen molar-refractivity contribution in [1.82, 2.24) is 9.21 Å². The lowest BCUT2D eigenvalue weighted by Crippen LogP contribution is -2.48. The monoisotopic (exact) mass is 370 g/mol. The summed E-state index contributed by atoms with van der Waals surface area (Å²) in [5, 5.41) is 0. The molecule has 2 unspecified atom stereocenters. The van der Waals surface area contributed by atoms with Crippen LogP contribution in [-0.2, 0) is 16.4 Å². The zero-order chi connectivity index (χ0) is 18.3. The van der Waals surface area contributed by atoms with Gasteiger partial charge in [-0.25, -0.2) is 8.42 Å². The molecule has 0 saturated carbocycles. The molecule has 0 bridgehead atoms. The molecule has 2 heterocycles. The average Bonchev–Trinajstić information content (AvgIpc) is 2.67. The van der Waals surface area contributed by atoms with E-state index in [0.29, 0.717) is 10.9 Å². The molecule has 2 aliphatic heterocycles. The molecule has 0 aliphatic carbocycles. The first-order valence-corrected chi connectivity index (χ1v) is 10.8. The van der Waals surface area contributed by atoms with Crippen LogP contribution in [0.3, 0.4) is 0 Å². The molecule has 2 aromatic carbocycles. The summed E-state index contributed by atoms with van der Waals surface area (Å²) in [4.78, 5) is 2.91. The maximum absolute atomic E-state index is 13.1. The smallest absolute Gasteiger partial charge is 0.243 e. The molecule has 0 aromatic heterocycles. The summed E-state index contributed by atoms with van der Waals surface area (Å²) < 4.78 is 27.7. The Morgan fingerprint density at radius 3 is 2.54 bits per heavy atom. The Bertz CT molecular complexity index is 892. The van der Waals surface area contributed by atoms with E-state index in [1.807, 2.05) is 19.1 Å². The van der Waals surface area contributed by atoms with Crippen LogP contribution < -0.4 is 0 Å². The second-order valence-electron chi connectivity index (χ2n) is 7.51. The van der Waals surface area contributed by atoms with Gasteiger partial charge in [-0.2, -0.15) is 4.31 Å². The summed E-state index contributed by atoms with van der Waals surface area (Å²) in [6.07, 6.45) is 2.84. The van der Waals surface area contributed by atoms with Gasteiger partial charge >= 0.3 is 0 Å². The molecule has 0 amide bonds. The number of nitrogens with zero attached hydrogens (tertiary/aromatic N) is 2. The van der Waals surface area contributed by atoms with Crippen molar-refractivity contribution < 1.29 is 8.42 Å². The minimum atomic E-state index is -3.46. The second-order valence-corrected chi connectivity index (χ2v) is 9.51. The van der Waals surface area contributed by atoms with Gasteiger partial charge in [0.1, 0.15) is 0 Å². The Labute approximate surface area is 156 Å². The quantitative estimate of drug-likeness (QED) is 0.832. The van der Waals surface area contributed by atoms with E-state index in [0.717, 1.165) is 37.9 Å². The lowest BCUT2D eigenvalue weighted by atomic mass is 9.85. The highest BCUT2D eigenvalue weighted by molar-refractivity contribution is 7.89. The number of sulfonamides is 1. The van der Waals surface area contributed by atoms with Crippen LogP contribution in [0.5, 0.6) is 0 Å². The van der Waals surface area contributed by atoms with Gasteiger partial charge in [0.05, 0.1) is 4.90 Å². The molecular weight excluding hydrogens is 344 g/mol. The number of aryl methyl sites for hydroxylation is 1. The maximum Gasteiger partial charge on any atom is 0.243 e.